The molecule has 147 heavy (non-hydrogen) atoms. The average molecular weight is 2080 g/mol. The molecular formula is C118H155Cl2N22O2P3+10. The lowest BCUT2D eigenvalue weighted by Crippen LogP contribution is -2.34. The Labute approximate surface area is 883 Å². The smallest absolute Gasteiger partial charge is 0.269 e. The zero-order valence-corrected chi connectivity index (χ0v) is 92.0. The summed E-state index contributed by atoms with van der Waals surface area (Å²) in [5.41, 5.74) is 11.5. The summed E-state index contributed by atoms with van der Waals surface area (Å²) in [6, 6.07) is 46.7. The maximum atomic E-state index is 10.6. The molecular weight excluding hydrogens is 1920 g/mol. The lowest BCUT2D eigenvalue weighted by molar-refractivity contribution is -0.595. The van der Waals surface area contributed by atoms with Crippen LogP contribution in [-0.2, 0) is 65.9 Å². The molecule has 0 spiro atoms. The third-order valence-corrected chi connectivity index (χ3v) is 37.3. The molecule has 15 aliphatic rings. The Kier molecular flexibility index (Phi) is 35.3. The summed E-state index contributed by atoms with van der Waals surface area (Å²) in [6.45, 7) is 25.1. The van der Waals surface area contributed by atoms with Gasteiger partial charge >= 0.3 is 0 Å². The van der Waals surface area contributed by atoms with Gasteiger partial charge < -0.3 is 0 Å². The number of nitro groups is 1. The topological polar surface area (TPSA) is 151 Å². The lowest BCUT2D eigenvalue weighted by Gasteiger charge is -2.25. The van der Waals surface area contributed by atoms with Crippen molar-refractivity contribution >= 4 is 136 Å². The first-order valence-corrected chi connectivity index (χ1v) is 60.0. The van der Waals surface area contributed by atoms with Crippen molar-refractivity contribution in [2.75, 3.05) is 6.54 Å². The quantitative estimate of drug-likeness (QED) is 0.0408. The Morgan fingerprint density at radius 1 is 0.469 bits per heavy atom. The summed E-state index contributed by atoms with van der Waals surface area (Å²) >= 11 is 12.0. The summed E-state index contributed by atoms with van der Waals surface area (Å²) in [5, 5.41) is 17.6. The maximum absolute atomic E-state index is 10.6. The molecule has 20 heterocycles. The van der Waals surface area contributed by atoms with Crippen LogP contribution in [0.2, 0.25) is 10.0 Å². The average Bonchev–Trinajstić information content (AvgIpc) is 1.61. The van der Waals surface area contributed by atoms with Gasteiger partial charge in [0, 0.05) is 196 Å². The Morgan fingerprint density at radius 2 is 1.02 bits per heavy atom. The Balaban J connectivity index is 0.000000103. The van der Waals surface area contributed by atoms with Crippen LogP contribution in [0.15, 0.2) is 213 Å². The normalized spacial score (nSPS) is 19.2. The van der Waals surface area contributed by atoms with E-state index in [1.807, 2.05) is 67.7 Å². The van der Waals surface area contributed by atoms with Gasteiger partial charge in [-0.15, -0.1) is 0 Å². The minimum absolute atomic E-state index is 0.0364. The lowest BCUT2D eigenvalue weighted by atomic mass is 9.85. The molecule has 10 aromatic heterocycles. The van der Waals surface area contributed by atoms with Crippen LogP contribution in [0.4, 0.5) is 17.1 Å². The number of hydrogen-bond acceptors (Lipinski definition) is 5. The van der Waals surface area contributed by atoms with Gasteiger partial charge in [-0.1, -0.05) is 134 Å². The number of imidazole rings is 2. The molecule has 768 valence electrons. The van der Waals surface area contributed by atoms with Crippen LogP contribution in [-0.4, -0.2) is 213 Å². The number of fused-ring (bicyclic) bond motifs is 12. The second kappa shape index (κ2) is 49.8. The molecule has 4 atom stereocenters. The van der Waals surface area contributed by atoms with Gasteiger partial charge in [0.25, 0.3) is 5.69 Å². The number of halogens is 2. The van der Waals surface area contributed by atoms with Crippen molar-refractivity contribution < 1.29 is 50.7 Å². The van der Waals surface area contributed by atoms with Gasteiger partial charge in [0.2, 0.25) is 76.8 Å². The van der Waals surface area contributed by atoms with Gasteiger partial charge in [-0.05, 0) is 179 Å². The third-order valence-electron chi connectivity index (χ3n) is 32.0. The number of nitrogens with zero attached hydrogens (tertiary/aromatic N) is 22. The molecule has 0 amide bonds. The SMILES string of the molecule is C1=[N+](C2CCCCC2)Cn2cc3ccccc3c21.C1=[N+](C2CCCCC2)Cn2cccc21.C1=[N+](C2CCCCC2)Cn2ccnc21.C1=[N+](C2CCCCC2)Cn2cncc21.CC(C)(C)[N+]1=Cc2cccp2C1.CC1CCCCC1[N+]1=Cc2cccn2C1.CCC(CC)[N+]1=Cc2cncp2C1.CCCCCC[N+]1=Cc2cpcn2C1.Clc1cc(Cl)cc([N+]2=Cc3cccn3C2)c1.O=[N+]([O-])c1ccc([N+]2=Cc3cccn3C2)cc1. The molecule has 0 N–H and O–H groups in total. The first-order valence-electron chi connectivity index (χ1n) is 55.0. The second-order valence-electron chi connectivity index (χ2n) is 43.3. The van der Waals surface area contributed by atoms with Crippen molar-refractivity contribution in [3.63, 3.8) is 0 Å². The first-order chi connectivity index (χ1) is 71.8. The fourth-order valence-corrected chi connectivity index (χ4v) is 28.7. The summed E-state index contributed by atoms with van der Waals surface area (Å²) in [5.74, 6) is 11.0. The monoisotopic (exact) mass is 2080 g/mol. The van der Waals surface area contributed by atoms with Gasteiger partial charge in [0.15, 0.2) is 110 Å². The highest BCUT2D eigenvalue weighted by molar-refractivity contribution is 7.50. The number of hydrogen-bond donors (Lipinski definition) is 0. The molecule has 29 heteroatoms. The van der Waals surface area contributed by atoms with E-state index in [1.165, 1.54) is 282 Å². The minimum Gasteiger partial charge on any atom is -0.287 e. The van der Waals surface area contributed by atoms with Gasteiger partial charge in [-0.2, -0.15) is 9.15 Å². The number of unbranched alkanes of at least 4 members (excludes halogenated alkanes) is 3. The molecule has 5 saturated carbocycles. The minimum atomic E-state index is -0.388. The molecule has 13 aromatic rings. The van der Waals surface area contributed by atoms with Crippen LogP contribution in [0.25, 0.3) is 10.8 Å². The number of nitro benzene ring substituents is 1. The molecule has 5 aliphatic carbocycles. The van der Waals surface area contributed by atoms with Crippen molar-refractivity contribution in [3.8, 4) is 0 Å². The molecule has 4 unspecified atom stereocenters. The standard InChI is InChI=1S/C16H19N2.C13H19N2.C12H9Cl2N2.C12H10N3O2.C12H17N2.2C11H16N3.C11H18N2P.C10H16N2P.C10H15NP/c1-2-7-14(8-3-1)17-11-16-15-9-5-4-6-13(15)10-18(16)12-17;1-11-5-2-3-7-13(11)15-9-12-6-4-8-14(12)10-15;13-9-4-10(14)6-12(5-9)16-7-11-2-1-3-15(11)8-16;16-15(17)11-5-3-10(4-6-11)14-8-12-2-1-7-13(12)9-14;1-2-5-11(6-3-1)14-9-12-7-4-8-13(12)10-14;1-2-4-10(5-3-1)13-7-11-6-12-8-14(11)9-13;1-2-4-10(5-3-1)14-8-11-12-6-7-13(11)9-14;1-2-3-4-5-6-12-7-11-8-14-10-13(11)9-12;1-3-9(4-2)12-6-10-5-11-7-13(10)8-12;1-10(2,3)11-7-9-5-4-6-12(9)8-11/h4-6,9-11,14H,1-3,7-8,12H2;4,6,8-9,11,13H,2-3,5,7,10H2,1H3;1-7H,8H2;1-8H,9H2;4,7-9,11H,1-3,5-6,10H2;2*6-8,10H,1-5,9H2;7-8,10H,2-6,9H2,1H3;5-7,9H,3-4,8H2,1-2H3;4-7H,8H2,1-3H3/q10*+1. The van der Waals surface area contributed by atoms with Crippen LogP contribution in [0, 0.1) is 16.0 Å². The van der Waals surface area contributed by atoms with E-state index in [4.69, 9.17) is 23.2 Å². The Bertz CT molecular complexity index is 6790. The number of rotatable bonds is 16. The van der Waals surface area contributed by atoms with Gasteiger partial charge in [-0.25, -0.2) is 46.6 Å². The van der Waals surface area contributed by atoms with Crippen LogP contribution >= 0.6 is 46.5 Å². The van der Waals surface area contributed by atoms with Crippen molar-refractivity contribution in [1.29, 1.82) is 0 Å². The molecule has 0 bridgehead atoms. The maximum Gasteiger partial charge on any atom is 0.269 e. The molecule has 0 saturated heterocycles. The third kappa shape index (κ3) is 26.6. The molecule has 3 aromatic carbocycles. The Hall–Kier alpha value is -11.4. The number of aromatic nitrogens is 11. The van der Waals surface area contributed by atoms with Crippen LogP contribution in [0.5, 0.6) is 0 Å². The molecule has 0 radical (unpaired) electrons. The number of non-ortho nitro benzene ring substituents is 1. The van der Waals surface area contributed by atoms with Crippen LogP contribution < -0.4 is 0 Å². The van der Waals surface area contributed by atoms with Crippen LogP contribution in [0.1, 0.15) is 297 Å². The molecule has 24 nitrogen and oxygen atoms in total. The van der Waals surface area contributed by atoms with E-state index in [2.05, 4.69) is 323 Å². The molecule has 5 fully saturated rings. The van der Waals surface area contributed by atoms with Crippen molar-refractivity contribution in [2.45, 2.75) is 349 Å². The van der Waals surface area contributed by atoms with Crippen LogP contribution in [0.3, 0.4) is 0 Å². The summed E-state index contributed by atoms with van der Waals surface area (Å²) in [6.07, 6.45) is 87.1. The summed E-state index contributed by atoms with van der Waals surface area (Å²) in [4.78, 5) is 22.8. The number of benzene rings is 3. The summed E-state index contributed by atoms with van der Waals surface area (Å²) < 4.78 is 42.2. The summed E-state index contributed by atoms with van der Waals surface area (Å²) in [7, 11) is 1.36. The van der Waals surface area contributed by atoms with Gasteiger partial charge in [-0.3, -0.25) is 51.6 Å². The van der Waals surface area contributed by atoms with E-state index in [9.17, 15) is 10.1 Å². The van der Waals surface area contributed by atoms with Gasteiger partial charge in [0.05, 0.1) is 27.6 Å². The zero-order chi connectivity index (χ0) is 101. The predicted molar refractivity (Wildman–Crippen MR) is 602 cm³/mol. The zero-order valence-electron chi connectivity index (χ0n) is 87.8. The predicted octanol–water partition coefficient (Wildman–Crippen LogP) is 25.5. The van der Waals surface area contributed by atoms with Crippen molar-refractivity contribution in [1.82, 2.24) is 51.5 Å². The Morgan fingerprint density at radius 3 is 1.59 bits per heavy atom. The van der Waals surface area contributed by atoms with E-state index >= 15 is 0 Å². The molecule has 10 aliphatic heterocycles. The largest absolute Gasteiger partial charge is 0.287 e. The fraction of sp³-hybridized carbons (Fsp3) is 0.475. The van der Waals surface area contributed by atoms with Gasteiger partial charge in [0.1, 0.15) is 52.7 Å². The van der Waals surface area contributed by atoms with E-state index in [-0.39, 0.29) is 25.7 Å². The van der Waals surface area contributed by atoms with E-state index in [1.54, 1.807) is 23.5 Å². The van der Waals surface area contributed by atoms with E-state index in [0.717, 1.165) is 118 Å². The highest BCUT2D eigenvalue weighted by atomic mass is 35.5. The fourth-order valence-electron chi connectivity index (χ4n) is 23.5. The molecule has 28 rings (SSSR count). The first kappa shape index (κ1) is 104. The highest BCUT2D eigenvalue weighted by Crippen LogP contribution is 2.41. The van der Waals surface area contributed by atoms with Crippen molar-refractivity contribution in [3.05, 3.63) is 289 Å². The van der Waals surface area contributed by atoms with E-state index < -0.39 is 0 Å². The van der Waals surface area contributed by atoms with Crippen molar-refractivity contribution in [2.24, 2.45) is 5.92 Å². The second-order valence-corrected chi connectivity index (χ2v) is 49.0. The van der Waals surface area contributed by atoms with E-state index in [0.29, 0.717) is 15.6 Å². The highest BCUT2D eigenvalue weighted by Gasteiger charge is 2.38.